The predicted octanol–water partition coefficient (Wildman–Crippen LogP) is 2.54. The topological polar surface area (TPSA) is 38.7 Å². The van der Waals surface area contributed by atoms with Gasteiger partial charge in [0.15, 0.2) is 0 Å². The maximum atomic E-state index is 9.63. The Morgan fingerprint density at radius 3 is 2.53 bits per heavy atom. The molecule has 0 aliphatic carbocycles. The second-order valence-electron chi connectivity index (χ2n) is 5.32. The molecule has 0 aromatic heterocycles. The summed E-state index contributed by atoms with van der Waals surface area (Å²) in [5, 5.41) is 9.63. The Balaban J connectivity index is 2.38. The molecule has 1 fully saturated rings. The van der Waals surface area contributed by atoms with E-state index in [1.807, 2.05) is 6.07 Å². The van der Waals surface area contributed by atoms with Gasteiger partial charge in [-0.05, 0) is 29.5 Å². The zero-order valence-electron chi connectivity index (χ0n) is 12.1. The summed E-state index contributed by atoms with van der Waals surface area (Å²) in [7, 11) is 1.71. The van der Waals surface area contributed by atoms with E-state index in [0.29, 0.717) is 13.2 Å². The fourth-order valence-electron chi connectivity index (χ4n) is 3.02. The molecule has 3 nitrogen and oxygen atoms in total. The molecule has 0 amide bonds. The SMILES string of the molecule is CCc1cc(C2(C(CC)CO)COC2)ccc1OC. The summed E-state index contributed by atoms with van der Waals surface area (Å²) in [6.07, 6.45) is 1.91. The van der Waals surface area contributed by atoms with Crippen molar-refractivity contribution in [3.05, 3.63) is 29.3 Å². The number of hydrogen-bond donors (Lipinski definition) is 1. The Morgan fingerprint density at radius 2 is 2.11 bits per heavy atom. The molecule has 1 aliphatic heterocycles. The summed E-state index contributed by atoms with van der Waals surface area (Å²) < 4.78 is 10.9. The van der Waals surface area contributed by atoms with Gasteiger partial charge in [-0.1, -0.05) is 32.4 Å². The van der Waals surface area contributed by atoms with Gasteiger partial charge in [0.2, 0.25) is 0 Å². The second-order valence-corrected chi connectivity index (χ2v) is 5.32. The van der Waals surface area contributed by atoms with Gasteiger partial charge in [-0.2, -0.15) is 0 Å². The average molecular weight is 264 g/mol. The minimum absolute atomic E-state index is 0.0142. The maximum absolute atomic E-state index is 9.63. The third-order valence-corrected chi connectivity index (χ3v) is 4.45. The molecule has 1 unspecified atom stereocenters. The van der Waals surface area contributed by atoms with Crippen LogP contribution in [0.25, 0.3) is 0 Å². The molecule has 0 bridgehead atoms. The molecule has 1 aromatic rings. The number of ether oxygens (including phenoxy) is 2. The van der Waals surface area contributed by atoms with Crippen molar-refractivity contribution in [1.29, 1.82) is 0 Å². The van der Waals surface area contributed by atoms with Crippen molar-refractivity contribution in [3.63, 3.8) is 0 Å². The van der Waals surface area contributed by atoms with Crippen LogP contribution in [0.5, 0.6) is 5.75 Å². The summed E-state index contributed by atoms with van der Waals surface area (Å²) in [5.41, 5.74) is 2.48. The molecule has 1 saturated heterocycles. The Kier molecular flexibility index (Phi) is 4.48. The van der Waals surface area contributed by atoms with Crippen molar-refractivity contribution in [2.24, 2.45) is 5.92 Å². The normalized spacial score (nSPS) is 18.7. The van der Waals surface area contributed by atoms with Crippen molar-refractivity contribution in [2.45, 2.75) is 32.1 Å². The molecule has 0 radical (unpaired) electrons. The molecule has 19 heavy (non-hydrogen) atoms. The Labute approximate surface area is 115 Å². The Morgan fingerprint density at radius 1 is 1.37 bits per heavy atom. The van der Waals surface area contributed by atoms with Gasteiger partial charge in [-0.25, -0.2) is 0 Å². The van der Waals surface area contributed by atoms with Crippen LogP contribution in [0.2, 0.25) is 0 Å². The molecule has 0 spiro atoms. The van der Waals surface area contributed by atoms with Crippen LogP contribution in [-0.2, 0) is 16.6 Å². The number of aryl methyl sites for hydroxylation is 1. The number of methoxy groups -OCH3 is 1. The summed E-state index contributed by atoms with van der Waals surface area (Å²) in [4.78, 5) is 0. The van der Waals surface area contributed by atoms with Crippen molar-refractivity contribution in [2.75, 3.05) is 26.9 Å². The highest BCUT2D eigenvalue weighted by Crippen LogP contribution is 2.42. The zero-order chi connectivity index (χ0) is 13.9. The van der Waals surface area contributed by atoms with Crippen molar-refractivity contribution in [1.82, 2.24) is 0 Å². The van der Waals surface area contributed by atoms with E-state index in [2.05, 4.69) is 26.0 Å². The highest BCUT2D eigenvalue weighted by atomic mass is 16.5. The van der Waals surface area contributed by atoms with E-state index < -0.39 is 0 Å². The molecule has 1 atom stereocenters. The summed E-state index contributed by atoms with van der Waals surface area (Å²) in [6.45, 7) is 5.90. The molecule has 3 heteroatoms. The fourth-order valence-corrected chi connectivity index (χ4v) is 3.02. The van der Waals surface area contributed by atoms with Gasteiger partial charge in [-0.15, -0.1) is 0 Å². The molecule has 1 N–H and O–H groups in total. The lowest BCUT2D eigenvalue weighted by atomic mass is 9.67. The summed E-state index contributed by atoms with van der Waals surface area (Å²) in [6, 6.07) is 6.39. The van der Waals surface area contributed by atoms with Crippen LogP contribution in [0.15, 0.2) is 18.2 Å². The van der Waals surface area contributed by atoms with E-state index in [9.17, 15) is 5.11 Å². The second kappa shape index (κ2) is 5.93. The maximum Gasteiger partial charge on any atom is 0.122 e. The first-order valence-electron chi connectivity index (χ1n) is 7.07. The van der Waals surface area contributed by atoms with Gasteiger partial charge in [0.25, 0.3) is 0 Å². The number of rotatable bonds is 6. The monoisotopic (exact) mass is 264 g/mol. The first-order chi connectivity index (χ1) is 9.21. The van der Waals surface area contributed by atoms with Crippen LogP contribution < -0.4 is 4.74 Å². The Bertz CT molecular complexity index is 420. The van der Waals surface area contributed by atoms with E-state index in [1.165, 1.54) is 11.1 Å². The van der Waals surface area contributed by atoms with E-state index >= 15 is 0 Å². The van der Waals surface area contributed by atoms with Crippen molar-refractivity contribution >= 4 is 0 Å². The van der Waals surface area contributed by atoms with Gasteiger partial charge in [-0.3, -0.25) is 0 Å². The van der Waals surface area contributed by atoms with Crippen molar-refractivity contribution < 1.29 is 14.6 Å². The first-order valence-corrected chi connectivity index (χ1v) is 7.07. The first kappa shape index (κ1) is 14.4. The molecule has 1 heterocycles. The molecular formula is C16H24O3. The van der Waals surface area contributed by atoms with Crippen molar-refractivity contribution in [3.8, 4) is 5.75 Å². The van der Waals surface area contributed by atoms with Gasteiger partial charge < -0.3 is 14.6 Å². The van der Waals surface area contributed by atoms with Gasteiger partial charge in [0, 0.05) is 12.0 Å². The van der Waals surface area contributed by atoms with E-state index in [0.717, 1.165) is 18.6 Å². The highest BCUT2D eigenvalue weighted by molar-refractivity contribution is 5.41. The standard InChI is InChI=1S/C16H24O3/c1-4-12-8-14(6-7-15(12)18-3)16(10-19-11-16)13(5-2)9-17/h6-8,13,17H,4-5,9-11H2,1-3H3. The van der Waals surface area contributed by atoms with Gasteiger partial charge in [0.1, 0.15) is 5.75 Å². The molecule has 1 aromatic carbocycles. The smallest absolute Gasteiger partial charge is 0.122 e. The minimum Gasteiger partial charge on any atom is -0.496 e. The average Bonchev–Trinajstić information content (AvgIpc) is 2.41. The van der Waals surface area contributed by atoms with Gasteiger partial charge in [0.05, 0.1) is 20.3 Å². The van der Waals surface area contributed by atoms with E-state index in [1.54, 1.807) is 7.11 Å². The van der Waals surface area contributed by atoms with Gasteiger partial charge >= 0.3 is 0 Å². The molecule has 0 saturated carbocycles. The van der Waals surface area contributed by atoms with Crippen LogP contribution in [0.3, 0.4) is 0 Å². The number of aliphatic hydroxyl groups excluding tert-OH is 1. The number of benzene rings is 1. The number of aliphatic hydroxyl groups is 1. The van der Waals surface area contributed by atoms with Crippen LogP contribution in [0.1, 0.15) is 31.4 Å². The van der Waals surface area contributed by atoms with E-state index in [4.69, 9.17) is 9.47 Å². The fraction of sp³-hybridized carbons (Fsp3) is 0.625. The lowest BCUT2D eigenvalue weighted by Gasteiger charge is -2.47. The van der Waals surface area contributed by atoms with Crippen LogP contribution in [0.4, 0.5) is 0 Å². The molecule has 2 rings (SSSR count). The van der Waals surface area contributed by atoms with Crippen LogP contribution in [0, 0.1) is 5.92 Å². The zero-order valence-corrected chi connectivity index (χ0v) is 12.1. The third kappa shape index (κ3) is 2.37. The number of hydrogen-bond acceptors (Lipinski definition) is 3. The van der Waals surface area contributed by atoms with Crippen LogP contribution >= 0.6 is 0 Å². The molecular weight excluding hydrogens is 240 g/mol. The largest absolute Gasteiger partial charge is 0.496 e. The Hall–Kier alpha value is -1.06. The quantitative estimate of drug-likeness (QED) is 0.858. The van der Waals surface area contributed by atoms with E-state index in [-0.39, 0.29) is 17.9 Å². The summed E-state index contributed by atoms with van der Waals surface area (Å²) >= 11 is 0. The predicted molar refractivity (Wildman–Crippen MR) is 75.7 cm³/mol. The molecule has 106 valence electrons. The minimum atomic E-state index is -0.0142. The third-order valence-electron chi connectivity index (χ3n) is 4.45. The highest BCUT2D eigenvalue weighted by Gasteiger charge is 2.46. The van der Waals surface area contributed by atoms with Crippen LogP contribution in [-0.4, -0.2) is 32.0 Å². The lowest BCUT2D eigenvalue weighted by Crippen LogP contribution is -2.53. The molecule has 1 aliphatic rings. The summed E-state index contributed by atoms with van der Waals surface area (Å²) in [5.74, 6) is 1.21. The lowest BCUT2D eigenvalue weighted by molar-refractivity contribution is -0.101.